The number of aliphatic hydroxyl groups is 1. The summed E-state index contributed by atoms with van der Waals surface area (Å²) < 4.78 is 10.4. The van der Waals surface area contributed by atoms with Crippen LogP contribution in [0.15, 0.2) is 24.3 Å². The highest BCUT2D eigenvalue weighted by molar-refractivity contribution is 5.30. The molecular weight excluding hydrogens is 218 g/mol. The predicted octanol–water partition coefficient (Wildman–Crippen LogP) is 1.35. The van der Waals surface area contributed by atoms with Gasteiger partial charge in [0.2, 0.25) is 0 Å². The van der Waals surface area contributed by atoms with Crippen molar-refractivity contribution < 1.29 is 14.6 Å². The van der Waals surface area contributed by atoms with Gasteiger partial charge in [-0.05, 0) is 24.6 Å². The Morgan fingerprint density at radius 1 is 1.35 bits per heavy atom. The van der Waals surface area contributed by atoms with Gasteiger partial charge in [0, 0.05) is 12.6 Å². The van der Waals surface area contributed by atoms with Crippen LogP contribution in [0.1, 0.15) is 18.5 Å². The summed E-state index contributed by atoms with van der Waals surface area (Å²) in [4.78, 5) is 0. The molecule has 0 saturated heterocycles. The monoisotopic (exact) mass is 239 g/mol. The molecule has 0 aliphatic carbocycles. The van der Waals surface area contributed by atoms with Gasteiger partial charge in [-0.25, -0.2) is 0 Å². The molecule has 0 aliphatic heterocycles. The number of aliphatic hydroxyl groups excluding tert-OH is 1. The van der Waals surface area contributed by atoms with Gasteiger partial charge in [0.05, 0.1) is 26.9 Å². The van der Waals surface area contributed by atoms with Crippen LogP contribution in [0.2, 0.25) is 0 Å². The van der Waals surface area contributed by atoms with Crippen molar-refractivity contribution in [3.8, 4) is 5.75 Å². The van der Waals surface area contributed by atoms with Gasteiger partial charge in [-0.2, -0.15) is 0 Å². The first-order valence-electron chi connectivity index (χ1n) is 5.84. The van der Waals surface area contributed by atoms with Gasteiger partial charge in [-0.3, -0.25) is 0 Å². The molecule has 1 aromatic rings. The minimum Gasteiger partial charge on any atom is -0.497 e. The van der Waals surface area contributed by atoms with Crippen molar-refractivity contribution in [2.45, 2.75) is 13.0 Å². The Kier molecular flexibility index (Phi) is 6.62. The summed E-state index contributed by atoms with van der Waals surface area (Å²) in [6.07, 6.45) is 0. The van der Waals surface area contributed by atoms with Crippen molar-refractivity contribution in [3.05, 3.63) is 29.8 Å². The lowest BCUT2D eigenvalue weighted by Gasteiger charge is -2.15. The van der Waals surface area contributed by atoms with Crippen molar-refractivity contribution in [2.24, 2.45) is 0 Å². The smallest absolute Gasteiger partial charge is 0.119 e. The number of hydrogen-bond donors (Lipinski definition) is 2. The highest BCUT2D eigenvalue weighted by atomic mass is 16.5. The van der Waals surface area contributed by atoms with E-state index >= 15 is 0 Å². The Balaban J connectivity index is 2.33. The van der Waals surface area contributed by atoms with E-state index in [9.17, 15) is 0 Å². The van der Waals surface area contributed by atoms with Crippen LogP contribution in [-0.2, 0) is 4.74 Å². The molecule has 96 valence electrons. The average Bonchev–Trinajstić information content (AvgIpc) is 2.38. The van der Waals surface area contributed by atoms with Crippen LogP contribution in [0.4, 0.5) is 0 Å². The van der Waals surface area contributed by atoms with E-state index in [2.05, 4.69) is 18.3 Å². The van der Waals surface area contributed by atoms with Crippen LogP contribution in [0.25, 0.3) is 0 Å². The van der Waals surface area contributed by atoms with E-state index in [4.69, 9.17) is 14.6 Å². The van der Waals surface area contributed by atoms with Gasteiger partial charge in [-0.15, -0.1) is 0 Å². The minimum atomic E-state index is 0.0748. The van der Waals surface area contributed by atoms with Gasteiger partial charge in [0.1, 0.15) is 5.75 Å². The lowest BCUT2D eigenvalue weighted by molar-refractivity contribution is 0.0928. The van der Waals surface area contributed by atoms with Crippen molar-refractivity contribution in [2.75, 3.05) is 33.5 Å². The van der Waals surface area contributed by atoms with E-state index < -0.39 is 0 Å². The quantitative estimate of drug-likeness (QED) is 0.672. The summed E-state index contributed by atoms with van der Waals surface area (Å²) >= 11 is 0. The summed E-state index contributed by atoms with van der Waals surface area (Å²) in [6.45, 7) is 3.94. The van der Waals surface area contributed by atoms with Gasteiger partial charge >= 0.3 is 0 Å². The van der Waals surface area contributed by atoms with E-state index in [1.165, 1.54) is 5.56 Å². The van der Waals surface area contributed by atoms with Crippen molar-refractivity contribution in [1.82, 2.24) is 5.32 Å². The second-order valence-corrected chi connectivity index (χ2v) is 3.79. The predicted molar refractivity (Wildman–Crippen MR) is 67.3 cm³/mol. The molecule has 0 bridgehead atoms. The van der Waals surface area contributed by atoms with E-state index in [1.54, 1.807) is 7.11 Å². The zero-order valence-corrected chi connectivity index (χ0v) is 10.5. The Labute approximate surface area is 103 Å². The highest BCUT2D eigenvalue weighted by Gasteiger charge is 2.04. The van der Waals surface area contributed by atoms with E-state index in [0.29, 0.717) is 13.2 Å². The molecule has 0 heterocycles. The first-order valence-corrected chi connectivity index (χ1v) is 5.84. The van der Waals surface area contributed by atoms with Crippen molar-refractivity contribution >= 4 is 0 Å². The molecule has 1 rings (SSSR count). The summed E-state index contributed by atoms with van der Waals surface area (Å²) in [5.41, 5.74) is 1.19. The van der Waals surface area contributed by atoms with E-state index in [1.807, 2.05) is 18.2 Å². The molecule has 0 aromatic heterocycles. The van der Waals surface area contributed by atoms with Gasteiger partial charge < -0.3 is 19.9 Å². The molecule has 4 heteroatoms. The first kappa shape index (κ1) is 14.0. The first-order chi connectivity index (χ1) is 8.27. The Morgan fingerprint density at radius 3 is 2.88 bits per heavy atom. The van der Waals surface area contributed by atoms with E-state index in [-0.39, 0.29) is 12.6 Å². The fourth-order valence-corrected chi connectivity index (χ4v) is 1.54. The molecule has 0 aliphatic rings. The Morgan fingerprint density at radius 2 is 2.18 bits per heavy atom. The maximum Gasteiger partial charge on any atom is 0.119 e. The van der Waals surface area contributed by atoms with Crippen LogP contribution in [0, 0.1) is 0 Å². The largest absolute Gasteiger partial charge is 0.497 e. The van der Waals surface area contributed by atoms with Gasteiger partial charge in [0.15, 0.2) is 0 Å². The molecule has 0 fully saturated rings. The van der Waals surface area contributed by atoms with Crippen molar-refractivity contribution in [3.63, 3.8) is 0 Å². The molecule has 0 saturated carbocycles. The molecule has 1 unspecified atom stereocenters. The number of hydrogen-bond acceptors (Lipinski definition) is 4. The van der Waals surface area contributed by atoms with Crippen LogP contribution in [0.3, 0.4) is 0 Å². The van der Waals surface area contributed by atoms with Crippen LogP contribution >= 0.6 is 0 Å². The summed E-state index contributed by atoms with van der Waals surface area (Å²) in [6, 6.07) is 8.25. The third-order valence-electron chi connectivity index (χ3n) is 2.53. The summed E-state index contributed by atoms with van der Waals surface area (Å²) in [5, 5.41) is 11.9. The second-order valence-electron chi connectivity index (χ2n) is 3.79. The number of benzene rings is 1. The molecular formula is C13H21NO3. The lowest BCUT2D eigenvalue weighted by Crippen LogP contribution is -2.23. The summed E-state index contributed by atoms with van der Waals surface area (Å²) in [7, 11) is 1.67. The fourth-order valence-electron chi connectivity index (χ4n) is 1.54. The third kappa shape index (κ3) is 5.17. The number of ether oxygens (including phenoxy) is 2. The topological polar surface area (TPSA) is 50.7 Å². The zero-order chi connectivity index (χ0) is 12.5. The molecule has 1 atom stereocenters. The molecule has 0 amide bonds. The average molecular weight is 239 g/mol. The van der Waals surface area contributed by atoms with Crippen LogP contribution in [-0.4, -0.2) is 38.6 Å². The molecule has 2 N–H and O–H groups in total. The van der Waals surface area contributed by atoms with E-state index in [0.717, 1.165) is 12.3 Å². The standard InChI is InChI=1S/C13H21NO3/c1-11(14-6-8-17-9-7-15)12-4-3-5-13(10-12)16-2/h3-5,10-11,14-15H,6-9H2,1-2H3. The van der Waals surface area contributed by atoms with Crippen LogP contribution < -0.4 is 10.1 Å². The zero-order valence-electron chi connectivity index (χ0n) is 10.5. The molecule has 1 aromatic carbocycles. The molecule has 0 spiro atoms. The Bertz CT molecular complexity index is 317. The lowest BCUT2D eigenvalue weighted by atomic mass is 10.1. The third-order valence-corrected chi connectivity index (χ3v) is 2.53. The normalized spacial score (nSPS) is 12.4. The van der Waals surface area contributed by atoms with Gasteiger partial charge in [-0.1, -0.05) is 12.1 Å². The SMILES string of the molecule is COc1cccc(C(C)NCCOCCO)c1. The molecule has 4 nitrogen and oxygen atoms in total. The number of nitrogens with one attached hydrogen (secondary N) is 1. The van der Waals surface area contributed by atoms with Crippen molar-refractivity contribution in [1.29, 1.82) is 0 Å². The number of methoxy groups -OCH3 is 1. The second kappa shape index (κ2) is 8.06. The van der Waals surface area contributed by atoms with Gasteiger partial charge in [0.25, 0.3) is 0 Å². The molecule has 17 heavy (non-hydrogen) atoms. The minimum absolute atomic E-state index is 0.0748. The maximum absolute atomic E-state index is 8.55. The maximum atomic E-state index is 8.55. The highest BCUT2D eigenvalue weighted by Crippen LogP contribution is 2.18. The Hall–Kier alpha value is -1.10. The number of rotatable bonds is 8. The fraction of sp³-hybridized carbons (Fsp3) is 0.538. The summed E-state index contributed by atoms with van der Waals surface area (Å²) in [5.74, 6) is 0.868. The molecule has 0 radical (unpaired) electrons. The van der Waals surface area contributed by atoms with Crippen LogP contribution in [0.5, 0.6) is 5.75 Å².